The minimum Gasteiger partial charge on any atom is -0.297 e. The first kappa shape index (κ1) is 13.7. The fraction of sp³-hybridized carbons (Fsp3) is 0.778. The highest BCUT2D eigenvalue weighted by Crippen LogP contribution is 2.32. The van der Waals surface area contributed by atoms with Crippen LogP contribution in [0.25, 0.3) is 0 Å². The highest BCUT2D eigenvalue weighted by Gasteiger charge is 2.25. The van der Waals surface area contributed by atoms with E-state index < -0.39 is 0 Å². The lowest BCUT2D eigenvalue weighted by Gasteiger charge is -2.32. The number of hydrogen-bond donors (Lipinski definition) is 0. The SMILES string of the molecule is c1nc(CC2CC2)nc2c1CCN(CC1CCCCC1)C2. The minimum absolute atomic E-state index is 0.880. The van der Waals surface area contributed by atoms with Gasteiger partial charge in [-0.3, -0.25) is 4.90 Å². The van der Waals surface area contributed by atoms with Crippen molar-refractivity contribution in [3.8, 4) is 0 Å². The molecular formula is C18H27N3. The molecule has 1 aliphatic heterocycles. The lowest BCUT2D eigenvalue weighted by Crippen LogP contribution is -2.36. The predicted octanol–water partition coefficient (Wildman–Crippen LogP) is 3.37. The first-order chi connectivity index (χ1) is 10.4. The fourth-order valence-electron chi connectivity index (χ4n) is 3.97. The molecule has 0 N–H and O–H groups in total. The van der Waals surface area contributed by atoms with Crippen molar-refractivity contribution in [2.75, 3.05) is 13.1 Å². The van der Waals surface area contributed by atoms with Gasteiger partial charge in [0.2, 0.25) is 0 Å². The molecule has 0 aromatic carbocycles. The van der Waals surface area contributed by atoms with Gasteiger partial charge >= 0.3 is 0 Å². The Morgan fingerprint density at radius 1 is 1.05 bits per heavy atom. The van der Waals surface area contributed by atoms with Crippen LogP contribution in [0.1, 0.15) is 62.0 Å². The van der Waals surface area contributed by atoms with Crippen LogP contribution in [0.2, 0.25) is 0 Å². The van der Waals surface area contributed by atoms with Crippen molar-refractivity contribution >= 4 is 0 Å². The zero-order valence-electron chi connectivity index (χ0n) is 13.1. The normalized spacial score (nSPS) is 24.0. The van der Waals surface area contributed by atoms with Crippen LogP contribution >= 0.6 is 0 Å². The van der Waals surface area contributed by atoms with Crippen LogP contribution in [-0.2, 0) is 19.4 Å². The molecule has 3 nitrogen and oxygen atoms in total. The van der Waals surface area contributed by atoms with E-state index in [1.807, 2.05) is 0 Å². The second-order valence-electron chi connectivity index (χ2n) is 7.39. The van der Waals surface area contributed by atoms with Crippen LogP contribution in [0, 0.1) is 11.8 Å². The van der Waals surface area contributed by atoms with Crippen LogP contribution < -0.4 is 0 Å². The van der Waals surface area contributed by atoms with Gasteiger partial charge in [-0.05, 0) is 49.5 Å². The van der Waals surface area contributed by atoms with E-state index in [2.05, 4.69) is 16.1 Å². The molecule has 3 aliphatic rings. The van der Waals surface area contributed by atoms with Gasteiger partial charge in [-0.2, -0.15) is 0 Å². The highest BCUT2D eigenvalue weighted by molar-refractivity contribution is 5.21. The molecular weight excluding hydrogens is 258 g/mol. The molecule has 0 amide bonds. The first-order valence-corrected chi connectivity index (χ1v) is 8.93. The van der Waals surface area contributed by atoms with Crippen molar-refractivity contribution < 1.29 is 0 Å². The maximum Gasteiger partial charge on any atom is 0.128 e. The molecule has 2 fully saturated rings. The van der Waals surface area contributed by atoms with Crippen molar-refractivity contribution in [3.05, 3.63) is 23.3 Å². The number of hydrogen-bond acceptors (Lipinski definition) is 3. The van der Waals surface area contributed by atoms with Crippen molar-refractivity contribution in [3.63, 3.8) is 0 Å². The molecule has 0 spiro atoms. The van der Waals surface area contributed by atoms with E-state index in [1.165, 1.54) is 69.3 Å². The number of rotatable bonds is 4. The minimum atomic E-state index is 0.880. The molecule has 2 aliphatic carbocycles. The molecule has 114 valence electrons. The van der Waals surface area contributed by atoms with E-state index in [0.717, 1.165) is 37.0 Å². The third-order valence-corrected chi connectivity index (χ3v) is 5.48. The Morgan fingerprint density at radius 3 is 2.71 bits per heavy atom. The molecule has 2 saturated carbocycles. The number of aromatic nitrogens is 2. The summed E-state index contributed by atoms with van der Waals surface area (Å²) >= 11 is 0. The largest absolute Gasteiger partial charge is 0.297 e. The number of fused-ring (bicyclic) bond motifs is 1. The van der Waals surface area contributed by atoms with Crippen molar-refractivity contribution in [2.24, 2.45) is 11.8 Å². The van der Waals surface area contributed by atoms with E-state index >= 15 is 0 Å². The number of nitrogens with zero attached hydrogens (tertiary/aromatic N) is 3. The van der Waals surface area contributed by atoms with Crippen molar-refractivity contribution in [2.45, 2.75) is 64.3 Å². The Bertz CT molecular complexity index is 489. The van der Waals surface area contributed by atoms with E-state index in [0.29, 0.717) is 0 Å². The van der Waals surface area contributed by atoms with Gasteiger partial charge in [0.1, 0.15) is 5.82 Å². The zero-order valence-corrected chi connectivity index (χ0v) is 13.1. The van der Waals surface area contributed by atoms with Crippen LogP contribution in [0.15, 0.2) is 6.20 Å². The summed E-state index contributed by atoms with van der Waals surface area (Å²) in [6, 6.07) is 0. The molecule has 0 atom stereocenters. The molecule has 0 bridgehead atoms. The van der Waals surface area contributed by atoms with Gasteiger partial charge in [0.15, 0.2) is 0 Å². The summed E-state index contributed by atoms with van der Waals surface area (Å²) < 4.78 is 0. The summed E-state index contributed by atoms with van der Waals surface area (Å²) in [6.45, 7) is 3.56. The second-order valence-corrected chi connectivity index (χ2v) is 7.39. The summed E-state index contributed by atoms with van der Waals surface area (Å²) in [5, 5.41) is 0. The molecule has 1 aromatic heterocycles. The standard InChI is InChI=1S/C18H27N3/c1-2-4-15(5-3-1)12-21-9-8-16-11-19-18(10-14-6-7-14)20-17(16)13-21/h11,14-15H,1-10,12-13H2. The van der Waals surface area contributed by atoms with Gasteiger partial charge < -0.3 is 0 Å². The Balaban J connectivity index is 1.40. The average molecular weight is 285 g/mol. The van der Waals surface area contributed by atoms with Gasteiger partial charge in [-0.25, -0.2) is 9.97 Å². The summed E-state index contributed by atoms with van der Waals surface area (Å²) in [4.78, 5) is 12.1. The summed E-state index contributed by atoms with van der Waals surface area (Å²) in [6.07, 6.45) is 14.4. The summed E-state index contributed by atoms with van der Waals surface area (Å²) in [7, 11) is 0. The fourth-order valence-corrected chi connectivity index (χ4v) is 3.97. The molecule has 0 radical (unpaired) electrons. The van der Waals surface area contributed by atoms with Gasteiger partial charge in [-0.15, -0.1) is 0 Å². The molecule has 3 heteroatoms. The monoisotopic (exact) mass is 285 g/mol. The Labute approximate surface area is 128 Å². The average Bonchev–Trinajstić information content (AvgIpc) is 3.32. The molecule has 4 rings (SSSR count). The lowest BCUT2D eigenvalue weighted by molar-refractivity contribution is 0.184. The highest BCUT2D eigenvalue weighted by atomic mass is 15.1. The second kappa shape index (κ2) is 6.04. The quantitative estimate of drug-likeness (QED) is 0.849. The van der Waals surface area contributed by atoms with E-state index in [1.54, 1.807) is 0 Å². The van der Waals surface area contributed by atoms with E-state index in [9.17, 15) is 0 Å². The zero-order chi connectivity index (χ0) is 14.1. The van der Waals surface area contributed by atoms with Gasteiger partial charge in [0, 0.05) is 32.3 Å². The third-order valence-electron chi connectivity index (χ3n) is 5.48. The molecule has 0 saturated heterocycles. The molecule has 0 unspecified atom stereocenters. The first-order valence-electron chi connectivity index (χ1n) is 8.93. The van der Waals surface area contributed by atoms with Crippen molar-refractivity contribution in [1.29, 1.82) is 0 Å². The van der Waals surface area contributed by atoms with Crippen LogP contribution in [-0.4, -0.2) is 28.0 Å². The van der Waals surface area contributed by atoms with Gasteiger partial charge in [0.25, 0.3) is 0 Å². The van der Waals surface area contributed by atoms with Crippen LogP contribution in [0.5, 0.6) is 0 Å². The molecule has 2 heterocycles. The van der Waals surface area contributed by atoms with Crippen LogP contribution in [0.3, 0.4) is 0 Å². The Kier molecular flexibility index (Phi) is 3.93. The smallest absolute Gasteiger partial charge is 0.128 e. The van der Waals surface area contributed by atoms with E-state index in [-0.39, 0.29) is 0 Å². The third kappa shape index (κ3) is 3.45. The topological polar surface area (TPSA) is 29.0 Å². The molecule has 21 heavy (non-hydrogen) atoms. The maximum atomic E-state index is 4.88. The summed E-state index contributed by atoms with van der Waals surface area (Å²) in [5.74, 6) is 2.91. The lowest BCUT2D eigenvalue weighted by atomic mass is 9.88. The molecule has 1 aromatic rings. The van der Waals surface area contributed by atoms with Crippen molar-refractivity contribution in [1.82, 2.24) is 14.9 Å². The van der Waals surface area contributed by atoms with Gasteiger partial charge in [-0.1, -0.05) is 19.3 Å². The van der Waals surface area contributed by atoms with E-state index in [4.69, 9.17) is 4.98 Å². The predicted molar refractivity (Wildman–Crippen MR) is 84.0 cm³/mol. The Morgan fingerprint density at radius 2 is 1.90 bits per heavy atom. The van der Waals surface area contributed by atoms with Crippen LogP contribution in [0.4, 0.5) is 0 Å². The maximum absolute atomic E-state index is 4.88. The summed E-state index contributed by atoms with van der Waals surface area (Å²) in [5.41, 5.74) is 2.72. The Hall–Kier alpha value is -0.960. The van der Waals surface area contributed by atoms with Gasteiger partial charge in [0.05, 0.1) is 5.69 Å².